The number of rotatable bonds is 2. The molecule has 0 unspecified atom stereocenters. The van der Waals surface area contributed by atoms with Crippen LogP contribution >= 0.6 is 0 Å². The molecule has 0 aliphatic heterocycles. The molecule has 0 aliphatic carbocycles. The molecule has 1 amide bonds. The highest BCUT2D eigenvalue weighted by molar-refractivity contribution is 5.67. The average Bonchev–Trinajstić information content (AvgIpc) is 2.29. The molecule has 1 aromatic heterocycles. The number of ether oxygens (including phenoxy) is 1. The van der Waals surface area contributed by atoms with E-state index in [-0.39, 0.29) is 0 Å². The molecule has 0 fully saturated rings. The first-order valence-corrected chi connectivity index (χ1v) is 5.92. The predicted molar refractivity (Wildman–Crippen MR) is 72.2 cm³/mol. The highest BCUT2D eigenvalue weighted by atomic mass is 16.6. The number of anilines is 1. The Morgan fingerprint density at radius 2 is 2.16 bits per heavy atom. The fourth-order valence-electron chi connectivity index (χ4n) is 1.10. The number of amides is 1. The molecule has 102 valence electrons. The number of carbonyl (C=O) groups excluding carboxylic acids is 1. The third-order valence-electron chi connectivity index (χ3n) is 1.82. The molecule has 1 heterocycles. The van der Waals surface area contributed by atoms with Crippen molar-refractivity contribution in [3.8, 4) is 11.8 Å². The Labute approximate surface area is 112 Å². The molecule has 0 radical (unpaired) electrons. The van der Waals surface area contributed by atoms with Crippen molar-refractivity contribution in [2.45, 2.75) is 32.8 Å². The van der Waals surface area contributed by atoms with Gasteiger partial charge < -0.3 is 15.8 Å². The van der Waals surface area contributed by atoms with Crippen molar-refractivity contribution < 1.29 is 9.53 Å². The molecule has 0 bridgehead atoms. The molecule has 3 N–H and O–H groups in total. The Morgan fingerprint density at radius 3 is 2.74 bits per heavy atom. The van der Waals surface area contributed by atoms with E-state index >= 15 is 0 Å². The first kappa shape index (κ1) is 14.8. The van der Waals surface area contributed by atoms with E-state index in [1.807, 2.05) is 20.8 Å². The van der Waals surface area contributed by atoms with Gasteiger partial charge in [0.1, 0.15) is 17.1 Å². The van der Waals surface area contributed by atoms with Crippen LogP contribution in [0.2, 0.25) is 0 Å². The Hall–Kier alpha value is -2.29. The minimum atomic E-state index is -0.491. The number of hydrogen-bond donors (Lipinski definition) is 2. The summed E-state index contributed by atoms with van der Waals surface area (Å²) >= 11 is 0. The number of nitrogen functional groups attached to an aromatic ring is 1. The molecular weight excluding hydrogens is 244 g/mol. The van der Waals surface area contributed by atoms with E-state index in [0.717, 1.165) is 0 Å². The summed E-state index contributed by atoms with van der Waals surface area (Å²) in [6.45, 7) is 5.86. The van der Waals surface area contributed by atoms with E-state index in [4.69, 9.17) is 10.5 Å². The van der Waals surface area contributed by atoms with E-state index in [1.165, 1.54) is 0 Å². The Bertz CT molecular complexity index is 480. The van der Waals surface area contributed by atoms with E-state index in [9.17, 15) is 4.79 Å². The van der Waals surface area contributed by atoms with Gasteiger partial charge in [0.2, 0.25) is 0 Å². The highest BCUT2D eigenvalue weighted by Gasteiger charge is 2.15. The number of carbonyl (C=O) groups is 1. The van der Waals surface area contributed by atoms with Gasteiger partial charge in [-0.15, -0.1) is 10.2 Å². The van der Waals surface area contributed by atoms with Crippen LogP contribution in [0.25, 0.3) is 0 Å². The van der Waals surface area contributed by atoms with Gasteiger partial charge in [-0.25, -0.2) is 4.79 Å². The van der Waals surface area contributed by atoms with E-state index in [2.05, 4.69) is 27.4 Å². The van der Waals surface area contributed by atoms with Crippen LogP contribution in [0, 0.1) is 11.8 Å². The first-order chi connectivity index (χ1) is 8.87. The molecule has 6 heteroatoms. The summed E-state index contributed by atoms with van der Waals surface area (Å²) in [5.41, 5.74) is 5.46. The first-order valence-electron chi connectivity index (χ1n) is 5.92. The second-order valence-corrected chi connectivity index (χ2v) is 4.82. The topological polar surface area (TPSA) is 90.1 Å². The zero-order valence-corrected chi connectivity index (χ0v) is 11.4. The summed E-state index contributed by atoms with van der Waals surface area (Å²) in [5, 5.41) is 10.1. The number of hydrogen-bond acceptors (Lipinski definition) is 5. The molecule has 0 aliphatic rings. The maximum Gasteiger partial charge on any atom is 0.407 e. The highest BCUT2D eigenvalue weighted by Crippen LogP contribution is 2.06. The van der Waals surface area contributed by atoms with Gasteiger partial charge in [-0.3, -0.25) is 0 Å². The number of alkyl carbamates (subject to hydrolysis) is 1. The molecule has 0 saturated carbocycles. The van der Waals surface area contributed by atoms with Gasteiger partial charge in [-0.1, -0.05) is 5.92 Å². The van der Waals surface area contributed by atoms with E-state index < -0.39 is 11.7 Å². The minimum absolute atomic E-state index is 0.358. The standard InChI is InChI=1S/C13H18N4O2/c1-13(2,3)19-12(18)15-9-5-4-6-10-7-8-11(14)17-16-10/h7-8H,5,9H2,1-3H3,(H2,14,17)(H,15,18). The fourth-order valence-corrected chi connectivity index (χ4v) is 1.10. The third-order valence-corrected chi connectivity index (χ3v) is 1.82. The molecule has 0 atom stereocenters. The monoisotopic (exact) mass is 262 g/mol. The van der Waals surface area contributed by atoms with Crippen molar-refractivity contribution in [2.75, 3.05) is 12.3 Å². The number of aromatic nitrogens is 2. The maximum absolute atomic E-state index is 11.3. The average molecular weight is 262 g/mol. The van der Waals surface area contributed by atoms with Crippen LogP contribution in [0.3, 0.4) is 0 Å². The third kappa shape index (κ3) is 6.88. The molecule has 0 aromatic carbocycles. The van der Waals surface area contributed by atoms with Gasteiger partial charge in [-0.2, -0.15) is 0 Å². The van der Waals surface area contributed by atoms with Gasteiger partial charge >= 0.3 is 6.09 Å². The summed E-state index contributed by atoms with van der Waals surface area (Å²) in [6, 6.07) is 3.33. The van der Waals surface area contributed by atoms with Gasteiger partial charge in [0, 0.05) is 13.0 Å². The molecular formula is C13H18N4O2. The number of nitrogens with two attached hydrogens (primary N) is 1. The van der Waals surface area contributed by atoms with Crippen molar-refractivity contribution in [1.29, 1.82) is 0 Å². The fraction of sp³-hybridized carbons (Fsp3) is 0.462. The smallest absolute Gasteiger partial charge is 0.407 e. The number of nitrogens with zero attached hydrogens (tertiary/aromatic N) is 2. The molecule has 6 nitrogen and oxygen atoms in total. The number of nitrogens with one attached hydrogen (secondary N) is 1. The summed E-state index contributed by atoms with van der Waals surface area (Å²) in [6.07, 6.45) is 0.0623. The van der Waals surface area contributed by atoms with Crippen LogP contribution < -0.4 is 11.1 Å². The van der Waals surface area contributed by atoms with Crippen LogP contribution in [0.15, 0.2) is 12.1 Å². The predicted octanol–water partition coefficient (Wildman–Crippen LogP) is 1.33. The second-order valence-electron chi connectivity index (χ2n) is 4.82. The molecule has 0 saturated heterocycles. The van der Waals surface area contributed by atoms with Gasteiger partial charge in [-0.05, 0) is 38.8 Å². The van der Waals surface area contributed by atoms with E-state index in [0.29, 0.717) is 24.5 Å². The summed E-state index contributed by atoms with van der Waals surface area (Å²) < 4.78 is 5.08. The lowest BCUT2D eigenvalue weighted by atomic mass is 10.2. The van der Waals surface area contributed by atoms with Crippen LogP contribution in [0.5, 0.6) is 0 Å². The van der Waals surface area contributed by atoms with Gasteiger partial charge in [0.05, 0.1) is 0 Å². The zero-order chi connectivity index (χ0) is 14.3. The van der Waals surface area contributed by atoms with Crippen LogP contribution in [-0.2, 0) is 4.74 Å². The zero-order valence-electron chi connectivity index (χ0n) is 11.4. The molecule has 1 rings (SSSR count). The van der Waals surface area contributed by atoms with Crippen molar-refractivity contribution in [3.63, 3.8) is 0 Å². The van der Waals surface area contributed by atoms with Crippen molar-refractivity contribution in [2.24, 2.45) is 0 Å². The second kappa shape index (κ2) is 6.59. The molecule has 0 spiro atoms. The summed E-state index contributed by atoms with van der Waals surface area (Å²) in [7, 11) is 0. The molecule has 19 heavy (non-hydrogen) atoms. The maximum atomic E-state index is 11.3. The van der Waals surface area contributed by atoms with Crippen LogP contribution in [-0.4, -0.2) is 28.4 Å². The Kier molecular flexibility index (Phi) is 5.12. The lowest BCUT2D eigenvalue weighted by molar-refractivity contribution is 0.0529. The van der Waals surface area contributed by atoms with Crippen molar-refractivity contribution in [1.82, 2.24) is 15.5 Å². The lowest BCUT2D eigenvalue weighted by Crippen LogP contribution is -2.32. The summed E-state index contributed by atoms with van der Waals surface area (Å²) in [4.78, 5) is 11.3. The van der Waals surface area contributed by atoms with E-state index in [1.54, 1.807) is 12.1 Å². The summed E-state index contributed by atoms with van der Waals surface area (Å²) in [5.74, 6) is 6.06. The van der Waals surface area contributed by atoms with Gasteiger partial charge in [0.15, 0.2) is 0 Å². The van der Waals surface area contributed by atoms with Crippen molar-refractivity contribution >= 4 is 11.9 Å². The Balaban J connectivity index is 2.28. The van der Waals surface area contributed by atoms with Gasteiger partial charge in [0.25, 0.3) is 0 Å². The molecule has 1 aromatic rings. The van der Waals surface area contributed by atoms with Crippen LogP contribution in [0.1, 0.15) is 32.9 Å². The van der Waals surface area contributed by atoms with Crippen molar-refractivity contribution in [3.05, 3.63) is 17.8 Å². The Morgan fingerprint density at radius 1 is 1.42 bits per heavy atom. The SMILES string of the molecule is CC(C)(C)OC(=O)NCCC#Cc1ccc(N)nn1. The minimum Gasteiger partial charge on any atom is -0.444 e. The lowest BCUT2D eigenvalue weighted by Gasteiger charge is -2.19. The largest absolute Gasteiger partial charge is 0.444 e. The quantitative estimate of drug-likeness (QED) is 0.619. The normalized spacial score (nSPS) is 10.3. The van der Waals surface area contributed by atoms with Crippen LogP contribution in [0.4, 0.5) is 10.6 Å².